The molecule has 0 bridgehead atoms. The first-order valence-electron chi connectivity index (χ1n) is 8.03. The topological polar surface area (TPSA) is 84.0 Å². The Hall–Kier alpha value is -2.67. The van der Waals surface area contributed by atoms with Gasteiger partial charge >= 0.3 is 0 Å². The van der Waals surface area contributed by atoms with Crippen LogP contribution < -0.4 is 15.9 Å². The summed E-state index contributed by atoms with van der Waals surface area (Å²) in [5.41, 5.74) is 1.50. The molecule has 1 atom stereocenters. The molecule has 1 fully saturated rings. The molecular weight excluding hydrogens is 306 g/mol. The standard InChI is InChI=1S/C17H19N5O2/c1-22-16(23)15(20-17(22)19-13-3-2-6-24-10-13)8-11-4-5-14-12(7-11)9-18-21-14/h4-5,7-9,13,23H,2-3,6,10H2,1H3,(H,19,20)/t13-/m0/s1. The van der Waals surface area contributed by atoms with E-state index in [0.717, 1.165) is 35.6 Å². The smallest absolute Gasteiger partial charge is 0.220 e. The highest BCUT2D eigenvalue weighted by molar-refractivity contribution is 5.80. The van der Waals surface area contributed by atoms with Crippen LogP contribution in [0, 0.1) is 0 Å². The summed E-state index contributed by atoms with van der Waals surface area (Å²) in [6, 6.07) is 6.05. The van der Waals surface area contributed by atoms with E-state index < -0.39 is 0 Å². The van der Waals surface area contributed by atoms with Gasteiger partial charge in [0.1, 0.15) is 5.69 Å². The SMILES string of the molecule is Cn1c(N[C@H]2CCCOC2)nc(C=c2ccc3c(c2)C=NN=3)c1O. The molecule has 7 heteroatoms. The summed E-state index contributed by atoms with van der Waals surface area (Å²) in [5, 5.41) is 23.4. The van der Waals surface area contributed by atoms with Crippen LogP contribution >= 0.6 is 0 Å². The zero-order valence-corrected chi connectivity index (χ0v) is 13.4. The Morgan fingerprint density at radius 3 is 3.17 bits per heavy atom. The van der Waals surface area contributed by atoms with Crippen LogP contribution in [0.15, 0.2) is 28.4 Å². The molecule has 0 radical (unpaired) electrons. The monoisotopic (exact) mass is 325 g/mol. The van der Waals surface area contributed by atoms with Crippen LogP contribution in [0.4, 0.5) is 5.95 Å². The lowest BCUT2D eigenvalue weighted by Gasteiger charge is -2.23. The van der Waals surface area contributed by atoms with Crippen molar-refractivity contribution in [1.29, 1.82) is 0 Å². The number of hydrogen-bond acceptors (Lipinski definition) is 6. The lowest BCUT2D eigenvalue weighted by molar-refractivity contribution is 0.0873. The molecule has 0 aliphatic carbocycles. The van der Waals surface area contributed by atoms with Gasteiger partial charge in [0, 0.05) is 19.2 Å². The van der Waals surface area contributed by atoms with E-state index in [2.05, 4.69) is 20.5 Å². The second-order valence-corrected chi connectivity index (χ2v) is 6.07. The number of imidazole rings is 1. The molecule has 1 saturated heterocycles. The maximum absolute atomic E-state index is 10.4. The molecule has 1 aromatic carbocycles. The minimum atomic E-state index is 0.132. The molecule has 4 rings (SSSR count). The molecule has 0 unspecified atom stereocenters. The molecule has 0 spiro atoms. The van der Waals surface area contributed by atoms with E-state index in [1.165, 1.54) is 0 Å². The molecule has 2 aliphatic heterocycles. The number of nitrogens with one attached hydrogen (secondary N) is 1. The highest BCUT2D eigenvalue weighted by Crippen LogP contribution is 2.23. The van der Waals surface area contributed by atoms with Gasteiger partial charge in [-0.05, 0) is 36.3 Å². The van der Waals surface area contributed by atoms with Crippen LogP contribution in [0.25, 0.3) is 6.08 Å². The van der Waals surface area contributed by atoms with Gasteiger partial charge in [-0.3, -0.25) is 4.57 Å². The molecule has 2 aliphatic rings. The summed E-state index contributed by atoms with van der Waals surface area (Å²) >= 11 is 0. The first-order chi connectivity index (χ1) is 11.7. The van der Waals surface area contributed by atoms with Gasteiger partial charge in [-0.25, -0.2) is 4.98 Å². The first kappa shape index (κ1) is 14.9. The summed E-state index contributed by atoms with van der Waals surface area (Å²) in [7, 11) is 1.79. The van der Waals surface area contributed by atoms with Crippen LogP contribution in [0.5, 0.6) is 5.88 Å². The van der Waals surface area contributed by atoms with Crippen LogP contribution in [0.3, 0.4) is 0 Å². The van der Waals surface area contributed by atoms with E-state index in [1.807, 2.05) is 24.3 Å². The van der Waals surface area contributed by atoms with Gasteiger partial charge in [0.05, 0.1) is 24.2 Å². The van der Waals surface area contributed by atoms with Gasteiger partial charge in [0.25, 0.3) is 0 Å². The maximum Gasteiger partial charge on any atom is 0.220 e. The summed E-state index contributed by atoms with van der Waals surface area (Å²) in [5.74, 6) is 0.778. The average molecular weight is 325 g/mol. The molecule has 24 heavy (non-hydrogen) atoms. The third-order valence-electron chi connectivity index (χ3n) is 4.30. The number of anilines is 1. The third-order valence-corrected chi connectivity index (χ3v) is 4.30. The Kier molecular flexibility index (Phi) is 3.78. The quantitative estimate of drug-likeness (QED) is 0.861. The molecule has 0 saturated carbocycles. The molecule has 3 heterocycles. The summed E-state index contributed by atoms with van der Waals surface area (Å²) in [4.78, 5) is 4.53. The van der Waals surface area contributed by atoms with E-state index in [9.17, 15) is 5.11 Å². The number of aromatic nitrogens is 2. The van der Waals surface area contributed by atoms with Crippen LogP contribution in [0.1, 0.15) is 24.1 Å². The van der Waals surface area contributed by atoms with Gasteiger partial charge in [-0.1, -0.05) is 6.07 Å². The highest BCUT2D eigenvalue weighted by atomic mass is 16.5. The van der Waals surface area contributed by atoms with Crippen molar-refractivity contribution < 1.29 is 9.84 Å². The van der Waals surface area contributed by atoms with Gasteiger partial charge < -0.3 is 15.2 Å². The molecule has 2 N–H and O–H groups in total. The number of hydrogen-bond donors (Lipinski definition) is 2. The van der Waals surface area contributed by atoms with Gasteiger partial charge in [0.2, 0.25) is 11.8 Å². The number of benzene rings is 1. The van der Waals surface area contributed by atoms with Crippen molar-refractivity contribution in [3.63, 3.8) is 0 Å². The number of rotatable bonds is 3. The van der Waals surface area contributed by atoms with Crippen molar-refractivity contribution in [3.05, 3.63) is 40.0 Å². The second kappa shape index (κ2) is 6.09. The van der Waals surface area contributed by atoms with Crippen molar-refractivity contribution in [3.8, 4) is 5.88 Å². The fourth-order valence-electron chi connectivity index (χ4n) is 2.94. The highest BCUT2D eigenvalue weighted by Gasteiger charge is 2.18. The van der Waals surface area contributed by atoms with Crippen molar-refractivity contribution in [2.45, 2.75) is 18.9 Å². The predicted molar refractivity (Wildman–Crippen MR) is 90.7 cm³/mol. The van der Waals surface area contributed by atoms with Crippen molar-refractivity contribution >= 4 is 18.2 Å². The Balaban J connectivity index is 1.64. The third kappa shape index (κ3) is 2.78. The van der Waals surface area contributed by atoms with E-state index in [1.54, 1.807) is 17.8 Å². The molecule has 0 amide bonds. The Morgan fingerprint density at radius 1 is 1.42 bits per heavy atom. The Morgan fingerprint density at radius 2 is 2.33 bits per heavy atom. The predicted octanol–water partition coefficient (Wildman–Crippen LogP) is 0.512. The van der Waals surface area contributed by atoms with Crippen LogP contribution in [-0.2, 0) is 11.8 Å². The fraction of sp³-hybridized carbons (Fsp3) is 0.353. The molecule has 2 aromatic rings. The molecule has 1 aromatic heterocycles. The van der Waals surface area contributed by atoms with E-state index in [0.29, 0.717) is 18.2 Å². The largest absolute Gasteiger partial charge is 0.493 e. The van der Waals surface area contributed by atoms with E-state index >= 15 is 0 Å². The zero-order valence-electron chi connectivity index (χ0n) is 13.4. The fourth-order valence-corrected chi connectivity index (χ4v) is 2.94. The van der Waals surface area contributed by atoms with Crippen molar-refractivity contribution in [1.82, 2.24) is 9.55 Å². The lowest BCUT2D eigenvalue weighted by atomic mass is 10.1. The van der Waals surface area contributed by atoms with Gasteiger partial charge in [-0.15, -0.1) is 0 Å². The minimum absolute atomic E-state index is 0.132. The molecule has 7 nitrogen and oxygen atoms in total. The maximum atomic E-state index is 10.4. The number of aromatic hydroxyl groups is 1. The average Bonchev–Trinajstić information content (AvgIpc) is 3.16. The lowest BCUT2D eigenvalue weighted by Crippen LogP contribution is -2.31. The normalized spacial score (nSPS) is 20.0. The number of fused-ring (bicyclic) bond motifs is 1. The van der Waals surface area contributed by atoms with Crippen LogP contribution in [0.2, 0.25) is 0 Å². The van der Waals surface area contributed by atoms with Crippen molar-refractivity contribution in [2.24, 2.45) is 17.3 Å². The summed E-state index contributed by atoms with van der Waals surface area (Å²) in [6.07, 6.45) is 5.65. The van der Waals surface area contributed by atoms with E-state index in [-0.39, 0.29) is 11.9 Å². The second-order valence-electron chi connectivity index (χ2n) is 6.07. The summed E-state index contributed by atoms with van der Waals surface area (Å²) in [6.45, 7) is 1.48. The van der Waals surface area contributed by atoms with E-state index in [4.69, 9.17) is 4.74 Å². The summed E-state index contributed by atoms with van der Waals surface area (Å²) < 4.78 is 7.14. The zero-order chi connectivity index (χ0) is 16.5. The molecule has 124 valence electrons. The number of ether oxygens (including phenoxy) is 1. The minimum Gasteiger partial charge on any atom is -0.493 e. The Bertz CT molecular complexity index is 910. The van der Waals surface area contributed by atoms with Crippen molar-refractivity contribution in [2.75, 3.05) is 18.5 Å². The van der Waals surface area contributed by atoms with Gasteiger partial charge in [-0.2, -0.15) is 10.2 Å². The van der Waals surface area contributed by atoms with Gasteiger partial charge in [0.15, 0.2) is 0 Å². The number of nitrogens with zero attached hydrogens (tertiary/aromatic N) is 4. The first-order valence-corrected chi connectivity index (χ1v) is 8.03. The molecular formula is C17H19N5O2. The Labute approximate surface area is 139 Å². The van der Waals surface area contributed by atoms with Crippen LogP contribution in [-0.4, -0.2) is 40.1 Å².